The smallest absolute Gasteiger partial charge is 0.472 e. The van der Waals surface area contributed by atoms with E-state index in [1.54, 1.807) is 6.07 Å². The molecule has 2 aliphatic rings. The Morgan fingerprint density at radius 1 is 1.00 bits per heavy atom. The van der Waals surface area contributed by atoms with Gasteiger partial charge in [-0.1, -0.05) is 12.1 Å². The molecule has 3 aromatic rings. The van der Waals surface area contributed by atoms with E-state index < -0.39 is 18.3 Å². The van der Waals surface area contributed by atoms with Crippen molar-refractivity contribution in [3.05, 3.63) is 48.3 Å². The number of fused-ring (bicyclic) bond motifs is 5. The molecule has 138 valence electrons. The Labute approximate surface area is 158 Å². The van der Waals surface area contributed by atoms with Crippen LogP contribution in [-0.2, 0) is 16.0 Å². The Morgan fingerprint density at radius 3 is 2.48 bits per heavy atom. The second kappa shape index (κ2) is 5.36. The summed E-state index contributed by atoms with van der Waals surface area (Å²) < 4.78 is 34.5. The van der Waals surface area contributed by atoms with Crippen molar-refractivity contribution in [2.45, 2.75) is 45.6 Å². The molecule has 0 N–H and O–H groups in total. The lowest BCUT2D eigenvalue weighted by Crippen LogP contribution is -2.41. The molecule has 0 amide bonds. The average Bonchev–Trinajstić information content (AvgIpc) is 3.10. The summed E-state index contributed by atoms with van der Waals surface area (Å²) in [6.07, 6.45) is 0. The molecule has 0 spiro atoms. The minimum atomic E-state index is -0.447. The normalized spacial score (nSPS) is 19.7. The van der Waals surface area contributed by atoms with Gasteiger partial charge in [0.25, 0.3) is 0 Å². The molecule has 27 heavy (non-hydrogen) atoms. The van der Waals surface area contributed by atoms with Crippen LogP contribution in [0.1, 0.15) is 27.7 Å². The van der Waals surface area contributed by atoms with Crippen molar-refractivity contribution in [2.75, 3.05) is 0 Å². The molecule has 0 radical (unpaired) electrons. The van der Waals surface area contributed by atoms with Crippen molar-refractivity contribution < 1.29 is 18.4 Å². The largest absolute Gasteiger partial charge is 0.494 e. The molecule has 4 nitrogen and oxygen atoms in total. The van der Waals surface area contributed by atoms with Gasteiger partial charge in [0, 0.05) is 10.9 Å². The van der Waals surface area contributed by atoms with Gasteiger partial charge in [-0.2, -0.15) is 0 Å². The maximum Gasteiger partial charge on any atom is 0.494 e. The van der Waals surface area contributed by atoms with E-state index in [0.29, 0.717) is 12.1 Å². The molecule has 0 atom stereocenters. The van der Waals surface area contributed by atoms with Gasteiger partial charge in [0.05, 0.1) is 22.4 Å². The van der Waals surface area contributed by atoms with E-state index in [1.807, 2.05) is 62.6 Å². The highest BCUT2D eigenvalue weighted by Gasteiger charge is 2.51. The topological polar surface area (TPSA) is 32.6 Å². The summed E-state index contributed by atoms with van der Waals surface area (Å²) in [6, 6.07) is 12.9. The summed E-state index contributed by atoms with van der Waals surface area (Å²) in [7, 11) is -0.447. The molecule has 1 saturated heterocycles. The molecular weight excluding hydrogens is 344 g/mol. The summed E-state index contributed by atoms with van der Waals surface area (Å²) in [5.74, 6) is 0.559. The zero-order valence-electron chi connectivity index (χ0n) is 15.9. The van der Waals surface area contributed by atoms with Crippen LogP contribution in [0.5, 0.6) is 5.75 Å². The van der Waals surface area contributed by atoms with Crippen LogP contribution >= 0.6 is 0 Å². The third-order valence-corrected chi connectivity index (χ3v) is 6.05. The molecule has 1 aromatic heterocycles. The van der Waals surface area contributed by atoms with E-state index in [9.17, 15) is 4.39 Å². The monoisotopic (exact) mass is 365 g/mol. The molecule has 6 heteroatoms. The third kappa shape index (κ3) is 2.36. The summed E-state index contributed by atoms with van der Waals surface area (Å²) in [6.45, 7) is 8.51. The number of aromatic nitrogens is 1. The quantitative estimate of drug-likeness (QED) is 0.609. The van der Waals surface area contributed by atoms with Crippen molar-refractivity contribution in [1.82, 2.24) is 4.57 Å². The van der Waals surface area contributed by atoms with Gasteiger partial charge in [0.2, 0.25) is 0 Å². The number of hydrogen-bond donors (Lipinski definition) is 0. The van der Waals surface area contributed by atoms with Crippen LogP contribution in [0.25, 0.3) is 22.2 Å². The molecule has 0 unspecified atom stereocenters. The van der Waals surface area contributed by atoms with Gasteiger partial charge in [-0.3, -0.25) is 0 Å². The number of benzene rings is 2. The van der Waals surface area contributed by atoms with E-state index in [1.165, 1.54) is 6.07 Å². The van der Waals surface area contributed by atoms with E-state index >= 15 is 0 Å². The average molecular weight is 365 g/mol. The summed E-state index contributed by atoms with van der Waals surface area (Å²) >= 11 is 0. The third-order valence-electron chi connectivity index (χ3n) is 6.05. The lowest BCUT2D eigenvalue weighted by Gasteiger charge is -2.32. The van der Waals surface area contributed by atoms with Crippen molar-refractivity contribution in [3.63, 3.8) is 0 Å². The van der Waals surface area contributed by atoms with Crippen LogP contribution in [0.4, 0.5) is 4.39 Å². The maximum absolute atomic E-state index is 14.3. The first-order valence-corrected chi connectivity index (χ1v) is 9.17. The molecule has 2 aliphatic heterocycles. The zero-order valence-corrected chi connectivity index (χ0v) is 15.9. The van der Waals surface area contributed by atoms with Crippen LogP contribution < -0.4 is 10.2 Å². The minimum Gasteiger partial charge on any atom is -0.472 e. The lowest BCUT2D eigenvalue weighted by atomic mass is 9.78. The predicted molar refractivity (Wildman–Crippen MR) is 104 cm³/mol. The highest BCUT2D eigenvalue weighted by molar-refractivity contribution is 6.62. The van der Waals surface area contributed by atoms with Gasteiger partial charge < -0.3 is 18.6 Å². The first kappa shape index (κ1) is 16.8. The van der Waals surface area contributed by atoms with Crippen LogP contribution in [0.15, 0.2) is 42.5 Å². The molecular formula is C21H21BFNO3. The maximum atomic E-state index is 14.3. The summed E-state index contributed by atoms with van der Waals surface area (Å²) in [5.41, 5.74) is 2.81. The van der Waals surface area contributed by atoms with Crippen molar-refractivity contribution in [2.24, 2.45) is 0 Å². The fraction of sp³-hybridized carbons (Fsp3) is 0.333. The molecule has 5 rings (SSSR count). The van der Waals surface area contributed by atoms with Gasteiger partial charge >= 0.3 is 7.12 Å². The molecule has 0 bridgehead atoms. The van der Waals surface area contributed by atoms with Crippen LogP contribution in [0.2, 0.25) is 0 Å². The van der Waals surface area contributed by atoms with E-state index in [2.05, 4.69) is 0 Å². The number of halogens is 1. The fourth-order valence-corrected chi connectivity index (χ4v) is 3.74. The molecule has 0 saturated carbocycles. The van der Waals surface area contributed by atoms with E-state index in [0.717, 1.165) is 28.0 Å². The number of rotatable bonds is 1. The molecule has 0 aliphatic carbocycles. The highest BCUT2D eigenvalue weighted by Crippen LogP contribution is 2.40. The van der Waals surface area contributed by atoms with E-state index in [-0.39, 0.29) is 5.82 Å². The fourth-order valence-electron chi connectivity index (χ4n) is 3.74. The van der Waals surface area contributed by atoms with Gasteiger partial charge in [0.1, 0.15) is 11.6 Å². The van der Waals surface area contributed by atoms with Crippen LogP contribution in [0, 0.1) is 5.82 Å². The molecule has 1 fully saturated rings. The zero-order chi connectivity index (χ0) is 19.0. The number of ether oxygens (including phenoxy) is 1. The summed E-state index contributed by atoms with van der Waals surface area (Å²) in [4.78, 5) is 0. The van der Waals surface area contributed by atoms with Gasteiger partial charge in [-0.05, 0) is 63.5 Å². The highest BCUT2D eigenvalue weighted by atomic mass is 19.1. The summed E-state index contributed by atoms with van der Waals surface area (Å²) in [5, 5.41) is 0.602. The second-order valence-electron chi connectivity index (χ2n) is 8.25. The molecule has 2 aromatic carbocycles. The number of nitrogens with zero attached hydrogens (tertiary/aromatic N) is 1. The van der Waals surface area contributed by atoms with Gasteiger partial charge in [-0.15, -0.1) is 0 Å². The van der Waals surface area contributed by atoms with Crippen molar-refractivity contribution in [1.29, 1.82) is 0 Å². The van der Waals surface area contributed by atoms with Crippen LogP contribution in [-0.4, -0.2) is 22.9 Å². The Hall–Kier alpha value is -2.31. The predicted octanol–water partition coefficient (Wildman–Crippen LogP) is 4.10. The molecule has 3 heterocycles. The Balaban J connectivity index is 1.62. The minimum absolute atomic E-state index is 0.224. The Kier molecular flexibility index (Phi) is 3.35. The second-order valence-corrected chi connectivity index (χ2v) is 8.25. The Morgan fingerprint density at radius 2 is 1.74 bits per heavy atom. The van der Waals surface area contributed by atoms with Crippen molar-refractivity contribution >= 4 is 23.5 Å². The number of hydrogen-bond acceptors (Lipinski definition) is 3. The first-order chi connectivity index (χ1) is 12.8. The standard InChI is InChI=1S/C21H21BFNO3/c1-20(2)21(3,4)27-22(26-20)13-8-9-19-15(10-13)18-11-14-16(23)6-5-7-17(14)24(18)12-25-19/h5-11H,12H2,1-4H3. The SMILES string of the molecule is CC1(C)OB(c2ccc3c(c2)-c2cc4c(F)cccc4n2CO3)OC1(C)C. The van der Waals surface area contributed by atoms with Crippen molar-refractivity contribution in [3.8, 4) is 17.0 Å². The van der Waals surface area contributed by atoms with Gasteiger partial charge in [0.15, 0.2) is 6.73 Å². The van der Waals surface area contributed by atoms with Crippen LogP contribution in [0.3, 0.4) is 0 Å². The van der Waals surface area contributed by atoms with Gasteiger partial charge in [-0.25, -0.2) is 4.39 Å². The first-order valence-electron chi connectivity index (χ1n) is 9.17. The Bertz CT molecular complexity index is 1060. The van der Waals surface area contributed by atoms with E-state index in [4.69, 9.17) is 14.0 Å². The lowest BCUT2D eigenvalue weighted by molar-refractivity contribution is 0.00578.